The van der Waals surface area contributed by atoms with Crippen LogP contribution >= 0.6 is 0 Å². The van der Waals surface area contributed by atoms with Crippen molar-refractivity contribution < 1.29 is 26.4 Å². The van der Waals surface area contributed by atoms with Crippen LogP contribution in [-0.4, -0.2) is 51.2 Å². The summed E-state index contributed by atoms with van der Waals surface area (Å²) in [4.78, 5) is 24.7. The summed E-state index contributed by atoms with van der Waals surface area (Å²) in [6.07, 6.45) is 2.05. The second-order valence-electron chi connectivity index (χ2n) is 7.43. The number of nitrogens with one attached hydrogen (secondary N) is 1. The van der Waals surface area contributed by atoms with Gasteiger partial charge in [0.15, 0.2) is 5.03 Å². The topological polar surface area (TPSA) is 110 Å². The Morgan fingerprint density at radius 2 is 1.79 bits per heavy atom. The van der Waals surface area contributed by atoms with E-state index in [9.17, 15) is 26.4 Å². The van der Waals surface area contributed by atoms with E-state index >= 15 is 0 Å². The molecule has 9 nitrogen and oxygen atoms in total. The molecule has 174 valence electrons. The number of piperidine rings is 1. The Morgan fingerprint density at radius 3 is 2.45 bits per heavy atom. The summed E-state index contributed by atoms with van der Waals surface area (Å²) in [6, 6.07) is 5.70. The number of nitrogens with zero attached hydrogens (tertiary/aromatic N) is 5. The Hall–Kier alpha value is -3.32. The first-order valence-electron chi connectivity index (χ1n) is 9.94. The van der Waals surface area contributed by atoms with Crippen LogP contribution in [0.15, 0.2) is 60.3 Å². The molecule has 1 atom stereocenters. The van der Waals surface area contributed by atoms with Crippen LogP contribution in [0.2, 0.25) is 0 Å². The molecule has 3 heterocycles. The number of halogens is 3. The van der Waals surface area contributed by atoms with Crippen molar-refractivity contribution in [2.24, 2.45) is 5.92 Å². The Balaban J connectivity index is 1.44. The Labute approximate surface area is 187 Å². The van der Waals surface area contributed by atoms with Crippen LogP contribution in [-0.2, 0) is 21.0 Å². The second kappa shape index (κ2) is 8.90. The standard InChI is InChI=1S/C20H19F3N6O3S/c21-20(22,23)15-4-6-16(7-5-15)27-18(30)14-3-1-10-29(11-14)33(31,32)17-12-28(13-26-17)19-24-8-2-9-25-19/h2,4-9,12-14H,1,3,10-11H2,(H,27,30)/t14-/m1/s1. The minimum Gasteiger partial charge on any atom is -0.326 e. The van der Waals surface area contributed by atoms with Crippen molar-refractivity contribution in [2.45, 2.75) is 24.0 Å². The fourth-order valence-electron chi connectivity index (χ4n) is 3.47. The molecule has 0 radical (unpaired) electrons. The van der Waals surface area contributed by atoms with Gasteiger partial charge < -0.3 is 5.32 Å². The Kier molecular flexibility index (Phi) is 6.17. The molecule has 0 bridgehead atoms. The van der Waals surface area contributed by atoms with E-state index in [-0.39, 0.29) is 29.8 Å². The molecule has 1 aliphatic heterocycles. The molecule has 1 amide bonds. The summed E-state index contributed by atoms with van der Waals surface area (Å²) in [7, 11) is -3.97. The van der Waals surface area contributed by atoms with E-state index in [1.54, 1.807) is 6.07 Å². The quantitative estimate of drug-likeness (QED) is 0.601. The van der Waals surface area contributed by atoms with Crippen molar-refractivity contribution >= 4 is 21.6 Å². The fraction of sp³-hybridized carbons (Fsp3) is 0.300. The molecule has 13 heteroatoms. The highest BCUT2D eigenvalue weighted by Gasteiger charge is 2.35. The smallest absolute Gasteiger partial charge is 0.326 e. The number of rotatable bonds is 5. The van der Waals surface area contributed by atoms with Crippen molar-refractivity contribution in [3.8, 4) is 5.95 Å². The SMILES string of the molecule is O=C(Nc1ccc(C(F)(F)F)cc1)[C@@H]1CCCN(S(=O)(=O)c2cn(-c3ncccn3)cn2)C1. The number of hydrogen-bond acceptors (Lipinski definition) is 6. The lowest BCUT2D eigenvalue weighted by Gasteiger charge is -2.30. The third kappa shape index (κ3) is 5.03. The van der Waals surface area contributed by atoms with Gasteiger partial charge in [-0.05, 0) is 43.2 Å². The van der Waals surface area contributed by atoms with E-state index in [0.717, 1.165) is 24.3 Å². The lowest BCUT2D eigenvalue weighted by Crippen LogP contribution is -2.43. The van der Waals surface area contributed by atoms with Crippen molar-refractivity contribution in [3.05, 3.63) is 60.8 Å². The van der Waals surface area contributed by atoms with E-state index in [1.165, 1.54) is 33.8 Å². The van der Waals surface area contributed by atoms with Crippen LogP contribution in [0.4, 0.5) is 18.9 Å². The van der Waals surface area contributed by atoms with Gasteiger partial charge in [0.2, 0.25) is 11.9 Å². The zero-order chi connectivity index (χ0) is 23.6. The predicted octanol–water partition coefficient (Wildman–Crippen LogP) is 2.72. The van der Waals surface area contributed by atoms with Gasteiger partial charge in [0, 0.05) is 31.2 Å². The number of anilines is 1. The second-order valence-corrected chi connectivity index (χ2v) is 9.32. The average molecular weight is 480 g/mol. The van der Waals surface area contributed by atoms with Crippen LogP contribution < -0.4 is 5.32 Å². The third-order valence-corrected chi connectivity index (χ3v) is 6.93. The molecule has 1 aliphatic rings. The molecule has 0 saturated carbocycles. The van der Waals surface area contributed by atoms with E-state index < -0.39 is 33.6 Å². The molecule has 1 N–H and O–H groups in total. The average Bonchev–Trinajstić information content (AvgIpc) is 3.31. The van der Waals surface area contributed by atoms with Gasteiger partial charge in [-0.3, -0.25) is 9.36 Å². The summed E-state index contributed by atoms with van der Waals surface area (Å²) in [5, 5.41) is 2.37. The fourth-order valence-corrected chi connectivity index (χ4v) is 4.90. The minimum atomic E-state index is -4.47. The lowest BCUT2D eigenvalue weighted by atomic mass is 9.98. The number of alkyl halides is 3. The largest absolute Gasteiger partial charge is 0.416 e. The number of benzene rings is 1. The summed E-state index contributed by atoms with van der Waals surface area (Å²) in [6.45, 7) is 0.157. The Bertz CT molecular complexity index is 1230. The maximum absolute atomic E-state index is 13.1. The first-order chi connectivity index (χ1) is 15.6. The lowest BCUT2D eigenvalue weighted by molar-refractivity contribution is -0.137. The number of amides is 1. The van der Waals surface area contributed by atoms with Gasteiger partial charge in [-0.25, -0.2) is 23.4 Å². The number of carbonyl (C=O) groups is 1. The van der Waals surface area contributed by atoms with Crippen LogP contribution in [0.3, 0.4) is 0 Å². The number of sulfonamides is 1. The molecule has 1 fully saturated rings. The highest BCUT2D eigenvalue weighted by atomic mass is 32.2. The summed E-state index contributed by atoms with van der Waals surface area (Å²) in [5.41, 5.74) is -0.620. The number of hydrogen-bond donors (Lipinski definition) is 1. The van der Waals surface area contributed by atoms with E-state index in [2.05, 4.69) is 20.3 Å². The first-order valence-corrected chi connectivity index (χ1v) is 11.4. The molecular weight excluding hydrogens is 461 g/mol. The normalized spacial score (nSPS) is 17.6. The van der Waals surface area contributed by atoms with Crippen molar-refractivity contribution in [1.82, 2.24) is 23.8 Å². The van der Waals surface area contributed by atoms with Crippen molar-refractivity contribution in [3.63, 3.8) is 0 Å². The number of imidazole rings is 1. The first kappa shape index (κ1) is 22.9. The van der Waals surface area contributed by atoms with Gasteiger partial charge in [0.25, 0.3) is 10.0 Å². The molecule has 4 rings (SSSR count). The maximum atomic E-state index is 13.1. The van der Waals surface area contributed by atoms with E-state index in [4.69, 9.17) is 0 Å². The zero-order valence-electron chi connectivity index (χ0n) is 17.1. The highest BCUT2D eigenvalue weighted by molar-refractivity contribution is 7.89. The molecule has 33 heavy (non-hydrogen) atoms. The summed E-state index contributed by atoms with van der Waals surface area (Å²) >= 11 is 0. The summed E-state index contributed by atoms with van der Waals surface area (Å²) < 4.78 is 66.8. The number of aromatic nitrogens is 4. The van der Waals surface area contributed by atoms with Gasteiger partial charge in [-0.2, -0.15) is 17.5 Å². The maximum Gasteiger partial charge on any atom is 0.416 e. The molecule has 1 aromatic carbocycles. The summed E-state index contributed by atoms with van der Waals surface area (Å²) in [5.74, 6) is -0.855. The van der Waals surface area contributed by atoms with Crippen LogP contribution in [0.1, 0.15) is 18.4 Å². The monoisotopic (exact) mass is 480 g/mol. The van der Waals surface area contributed by atoms with Gasteiger partial charge in [-0.1, -0.05) is 0 Å². The number of carbonyl (C=O) groups excluding carboxylic acids is 1. The molecular formula is C20H19F3N6O3S. The van der Waals surface area contributed by atoms with E-state index in [1.807, 2.05) is 0 Å². The van der Waals surface area contributed by atoms with Crippen molar-refractivity contribution in [1.29, 1.82) is 0 Å². The van der Waals surface area contributed by atoms with Gasteiger partial charge >= 0.3 is 6.18 Å². The molecule has 0 unspecified atom stereocenters. The van der Waals surface area contributed by atoms with E-state index in [0.29, 0.717) is 12.8 Å². The minimum absolute atomic E-state index is 0.0660. The van der Waals surface area contributed by atoms with Crippen molar-refractivity contribution in [2.75, 3.05) is 18.4 Å². The molecule has 3 aromatic rings. The molecule has 0 aliphatic carbocycles. The molecule has 2 aromatic heterocycles. The third-order valence-electron chi connectivity index (χ3n) is 5.18. The van der Waals surface area contributed by atoms with Crippen LogP contribution in [0, 0.1) is 5.92 Å². The van der Waals surface area contributed by atoms with Gasteiger partial charge in [0.1, 0.15) is 6.33 Å². The highest BCUT2D eigenvalue weighted by Crippen LogP contribution is 2.30. The zero-order valence-corrected chi connectivity index (χ0v) is 17.9. The molecule has 0 spiro atoms. The predicted molar refractivity (Wildman–Crippen MR) is 111 cm³/mol. The van der Waals surface area contributed by atoms with Crippen LogP contribution in [0.5, 0.6) is 0 Å². The van der Waals surface area contributed by atoms with Gasteiger partial charge in [0.05, 0.1) is 17.7 Å². The Morgan fingerprint density at radius 1 is 1.09 bits per heavy atom. The van der Waals surface area contributed by atoms with Gasteiger partial charge in [-0.15, -0.1) is 0 Å². The molecule has 1 saturated heterocycles. The van der Waals surface area contributed by atoms with Crippen LogP contribution in [0.25, 0.3) is 5.95 Å².